The van der Waals surface area contributed by atoms with Gasteiger partial charge in [0.15, 0.2) is 5.78 Å². The summed E-state index contributed by atoms with van der Waals surface area (Å²) in [6.45, 7) is 2.14. The van der Waals surface area contributed by atoms with Gasteiger partial charge in [-0.25, -0.2) is 4.98 Å². The van der Waals surface area contributed by atoms with Crippen LogP contribution in [0.3, 0.4) is 0 Å². The van der Waals surface area contributed by atoms with E-state index in [1.54, 1.807) is 0 Å². The van der Waals surface area contributed by atoms with Crippen molar-refractivity contribution < 1.29 is 4.79 Å². The van der Waals surface area contributed by atoms with E-state index in [9.17, 15) is 4.79 Å². The molecule has 0 radical (unpaired) electrons. The first-order valence-corrected chi connectivity index (χ1v) is 8.77. The summed E-state index contributed by atoms with van der Waals surface area (Å²) in [5.74, 6) is 1.44. The van der Waals surface area contributed by atoms with Crippen molar-refractivity contribution in [2.24, 2.45) is 5.92 Å². The normalized spacial score (nSPS) is 22.5. The number of hydrogen-bond donors (Lipinski definition) is 1. The van der Waals surface area contributed by atoms with Crippen molar-refractivity contribution in [1.82, 2.24) is 9.55 Å². The molecule has 1 N–H and O–H groups in total. The lowest BCUT2D eigenvalue weighted by Gasteiger charge is -2.35. The third-order valence-electron chi connectivity index (χ3n) is 5.22. The Morgan fingerprint density at radius 2 is 1.80 bits per heavy atom. The summed E-state index contributed by atoms with van der Waals surface area (Å²) in [4.78, 5) is 17.7. The van der Waals surface area contributed by atoms with Gasteiger partial charge in [0, 0.05) is 17.7 Å². The summed E-state index contributed by atoms with van der Waals surface area (Å²) < 4.78 is 2.18. The molecule has 2 unspecified atom stereocenters. The maximum atomic E-state index is 13.0. The number of nitrogens with zero attached hydrogens (tertiary/aromatic N) is 2. The Hall–Kier alpha value is -2.88. The largest absolute Gasteiger partial charge is 0.329 e. The number of imidazole rings is 1. The number of carbonyl (C=O) groups excluding carboxylic acids is 1. The molecule has 0 spiro atoms. The molecule has 4 nitrogen and oxygen atoms in total. The number of carbonyl (C=O) groups is 1. The van der Waals surface area contributed by atoms with E-state index in [2.05, 4.69) is 35.0 Å². The number of hydrogen-bond acceptors (Lipinski definition) is 3. The number of benzene rings is 2. The van der Waals surface area contributed by atoms with Crippen LogP contribution in [-0.4, -0.2) is 15.3 Å². The summed E-state index contributed by atoms with van der Waals surface area (Å²) in [6.07, 6.45) is 1.51. The lowest BCUT2D eigenvalue weighted by Crippen LogP contribution is -2.33. The van der Waals surface area contributed by atoms with Gasteiger partial charge in [-0.15, -0.1) is 0 Å². The molecule has 5 rings (SSSR count). The number of allylic oxidation sites excluding steroid dienone is 2. The molecule has 1 aliphatic carbocycles. The highest BCUT2D eigenvalue weighted by atomic mass is 16.1. The molecule has 0 amide bonds. The highest BCUT2D eigenvalue weighted by Crippen LogP contribution is 2.43. The molecular formula is C21H19N3O. The fraction of sp³-hybridized carbons (Fsp3) is 0.238. The van der Waals surface area contributed by atoms with E-state index in [0.717, 1.165) is 40.2 Å². The Labute approximate surface area is 146 Å². The van der Waals surface area contributed by atoms with E-state index in [-0.39, 0.29) is 11.8 Å². The molecular weight excluding hydrogens is 310 g/mol. The molecule has 2 aliphatic rings. The molecule has 0 fully saturated rings. The Kier molecular flexibility index (Phi) is 3.07. The maximum Gasteiger partial charge on any atom is 0.209 e. The average Bonchev–Trinajstić information content (AvgIpc) is 2.98. The lowest BCUT2D eigenvalue weighted by molar-refractivity contribution is -0.117. The number of nitrogens with one attached hydrogen (secondary N) is 1. The van der Waals surface area contributed by atoms with Crippen LogP contribution in [0, 0.1) is 5.92 Å². The van der Waals surface area contributed by atoms with Gasteiger partial charge in [0.05, 0.1) is 17.1 Å². The highest BCUT2D eigenvalue weighted by molar-refractivity contribution is 6.00. The molecule has 1 aliphatic heterocycles. The predicted molar refractivity (Wildman–Crippen MR) is 98.4 cm³/mol. The molecule has 1 aromatic heterocycles. The maximum absolute atomic E-state index is 13.0. The zero-order valence-corrected chi connectivity index (χ0v) is 14.1. The van der Waals surface area contributed by atoms with E-state index in [1.807, 2.05) is 36.4 Å². The zero-order chi connectivity index (χ0) is 17.0. The Bertz CT molecular complexity index is 1020. The SMILES string of the molecule is CC1CC(=O)C2=C(C1)Nc1nc3ccccc3n1C2c1ccccc1. The van der Waals surface area contributed by atoms with Gasteiger partial charge in [-0.05, 0) is 30.0 Å². The average molecular weight is 329 g/mol. The van der Waals surface area contributed by atoms with Gasteiger partial charge >= 0.3 is 0 Å². The van der Waals surface area contributed by atoms with Crippen LogP contribution in [0.2, 0.25) is 0 Å². The second-order valence-corrected chi connectivity index (χ2v) is 7.06. The van der Waals surface area contributed by atoms with Crippen LogP contribution in [0.1, 0.15) is 31.4 Å². The molecule has 0 saturated carbocycles. The zero-order valence-electron chi connectivity index (χ0n) is 14.1. The van der Waals surface area contributed by atoms with Gasteiger partial charge in [-0.2, -0.15) is 0 Å². The van der Waals surface area contributed by atoms with Crippen molar-refractivity contribution >= 4 is 22.8 Å². The Morgan fingerprint density at radius 1 is 1.04 bits per heavy atom. The topological polar surface area (TPSA) is 46.9 Å². The molecule has 0 bridgehead atoms. The van der Waals surface area contributed by atoms with Gasteiger partial charge in [0.25, 0.3) is 0 Å². The molecule has 124 valence electrons. The molecule has 2 aromatic carbocycles. The lowest BCUT2D eigenvalue weighted by atomic mass is 9.81. The summed E-state index contributed by atoms with van der Waals surface area (Å²) >= 11 is 0. The van der Waals surface area contributed by atoms with E-state index in [0.29, 0.717) is 12.3 Å². The predicted octanol–water partition coefficient (Wildman–Crippen LogP) is 4.30. The van der Waals surface area contributed by atoms with Gasteiger partial charge in [-0.3, -0.25) is 9.36 Å². The molecule has 25 heavy (non-hydrogen) atoms. The third kappa shape index (κ3) is 2.14. The minimum Gasteiger partial charge on any atom is -0.329 e. The van der Waals surface area contributed by atoms with Gasteiger partial charge < -0.3 is 5.32 Å². The number of para-hydroxylation sites is 2. The molecule has 2 atom stereocenters. The minimum absolute atomic E-state index is 0.111. The minimum atomic E-state index is -0.111. The first kappa shape index (κ1) is 14.5. The van der Waals surface area contributed by atoms with Crippen molar-refractivity contribution in [2.45, 2.75) is 25.8 Å². The van der Waals surface area contributed by atoms with Crippen LogP contribution in [0.25, 0.3) is 11.0 Å². The van der Waals surface area contributed by atoms with Crippen LogP contribution in [-0.2, 0) is 4.79 Å². The van der Waals surface area contributed by atoms with E-state index in [1.165, 1.54) is 0 Å². The summed E-state index contributed by atoms with van der Waals surface area (Å²) in [5, 5.41) is 3.46. The number of aromatic nitrogens is 2. The number of Topliss-reactive ketones (excluding diaryl/α,β-unsaturated/α-hetero) is 1. The van der Waals surface area contributed by atoms with Crippen LogP contribution >= 0.6 is 0 Å². The first-order valence-electron chi connectivity index (χ1n) is 8.77. The van der Waals surface area contributed by atoms with E-state index < -0.39 is 0 Å². The number of ketones is 1. The van der Waals surface area contributed by atoms with Crippen LogP contribution in [0.5, 0.6) is 0 Å². The standard InChI is InChI=1S/C21H19N3O/c1-13-11-16-19(18(25)12-13)20(14-7-3-2-4-8-14)24-17-10-6-5-9-15(17)22-21(24)23-16/h2-10,13,20H,11-12H2,1H3,(H,22,23). The quantitative estimate of drug-likeness (QED) is 0.724. The van der Waals surface area contributed by atoms with Crippen LogP contribution < -0.4 is 5.32 Å². The van der Waals surface area contributed by atoms with E-state index in [4.69, 9.17) is 4.98 Å². The van der Waals surface area contributed by atoms with Crippen LogP contribution in [0.4, 0.5) is 5.95 Å². The summed E-state index contributed by atoms with van der Waals surface area (Å²) in [6, 6.07) is 18.3. The number of rotatable bonds is 1. The fourth-order valence-corrected chi connectivity index (χ4v) is 4.17. The molecule has 3 aromatic rings. The Morgan fingerprint density at radius 3 is 2.64 bits per heavy atom. The van der Waals surface area contributed by atoms with Crippen molar-refractivity contribution in [3.8, 4) is 0 Å². The monoisotopic (exact) mass is 329 g/mol. The second kappa shape index (κ2) is 5.31. The second-order valence-electron chi connectivity index (χ2n) is 7.06. The molecule has 4 heteroatoms. The first-order chi connectivity index (χ1) is 12.2. The number of anilines is 1. The van der Waals surface area contributed by atoms with Crippen molar-refractivity contribution in [2.75, 3.05) is 5.32 Å². The number of fused-ring (bicyclic) bond motifs is 3. The van der Waals surface area contributed by atoms with Crippen LogP contribution in [0.15, 0.2) is 65.9 Å². The fourth-order valence-electron chi connectivity index (χ4n) is 4.17. The van der Waals surface area contributed by atoms with Crippen molar-refractivity contribution in [1.29, 1.82) is 0 Å². The highest BCUT2D eigenvalue weighted by Gasteiger charge is 2.38. The summed E-state index contributed by atoms with van der Waals surface area (Å²) in [7, 11) is 0. The Balaban J connectivity index is 1.81. The van der Waals surface area contributed by atoms with Crippen molar-refractivity contribution in [3.05, 3.63) is 71.4 Å². The summed E-state index contributed by atoms with van der Waals surface area (Å²) in [5.41, 5.74) is 5.08. The third-order valence-corrected chi connectivity index (χ3v) is 5.22. The van der Waals surface area contributed by atoms with Crippen molar-refractivity contribution in [3.63, 3.8) is 0 Å². The van der Waals surface area contributed by atoms with Gasteiger partial charge in [0.2, 0.25) is 5.95 Å². The molecule has 2 heterocycles. The molecule has 0 saturated heterocycles. The smallest absolute Gasteiger partial charge is 0.209 e. The van der Waals surface area contributed by atoms with E-state index >= 15 is 0 Å². The van der Waals surface area contributed by atoms with Gasteiger partial charge in [0.1, 0.15) is 0 Å². The van der Waals surface area contributed by atoms with Gasteiger partial charge in [-0.1, -0.05) is 49.4 Å².